The largest absolute Gasteiger partial charge is 0.387 e. The van der Waals surface area contributed by atoms with Crippen LogP contribution in [0.1, 0.15) is 6.42 Å². The fourth-order valence-electron chi connectivity index (χ4n) is 1.94. The fourth-order valence-corrected chi connectivity index (χ4v) is 1.94. The van der Waals surface area contributed by atoms with Crippen molar-refractivity contribution < 1.29 is 0 Å². The van der Waals surface area contributed by atoms with E-state index in [2.05, 4.69) is 33.6 Å². The van der Waals surface area contributed by atoms with E-state index >= 15 is 0 Å². The van der Waals surface area contributed by atoms with E-state index in [0.717, 1.165) is 17.9 Å². The molecule has 0 aliphatic carbocycles. The summed E-state index contributed by atoms with van der Waals surface area (Å²) >= 11 is 0. The van der Waals surface area contributed by atoms with Crippen molar-refractivity contribution in [1.82, 2.24) is 9.88 Å². The molecule has 2 rings (SSSR count). The number of anilines is 2. The minimum absolute atomic E-state index is 0.559. The number of nitrogens with zero attached hydrogens (tertiary/aromatic N) is 2. The Bertz CT molecular complexity index is 326. The molecule has 0 saturated carbocycles. The molecule has 1 fully saturated rings. The lowest BCUT2D eigenvalue weighted by Gasteiger charge is -2.14. The van der Waals surface area contributed by atoms with E-state index in [4.69, 9.17) is 0 Å². The Morgan fingerprint density at radius 2 is 2.20 bits per heavy atom. The monoisotopic (exact) mass is 206 g/mol. The summed E-state index contributed by atoms with van der Waals surface area (Å²) in [5.41, 5.74) is 2.15. The lowest BCUT2D eigenvalue weighted by molar-refractivity contribution is 0.414. The zero-order valence-corrected chi connectivity index (χ0v) is 9.33. The Balaban J connectivity index is 1.98. The molecule has 2 heterocycles. The number of nitrogens with one attached hydrogen (secondary N) is 2. The number of pyridine rings is 1. The zero-order valence-electron chi connectivity index (χ0n) is 9.33. The van der Waals surface area contributed by atoms with E-state index in [9.17, 15) is 0 Å². The smallest absolute Gasteiger partial charge is 0.0550 e. The Kier molecular flexibility index (Phi) is 3.06. The Hall–Kier alpha value is -1.29. The summed E-state index contributed by atoms with van der Waals surface area (Å²) < 4.78 is 0. The van der Waals surface area contributed by atoms with Crippen LogP contribution in [0.15, 0.2) is 18.5 Å². The van der Waals surface area contributed by atoms with Crippen LogP contribution in [0.25, 0.3) is 0 Å². The van der Waals surface area contributed by atoms with Gasteiger partial charge in [-0.25, -0.2) is 0 Å². The number of likely N-dealkylation sites (tertiary alicyclic amines) is 1. The van der Waals surface area contributed by atoms with Crippen LogP contribution in [0.3, 0.4) is 0 Å². The summed E-state index contributed by atoms with van der Waals surface area (Å²) in [6, 6.07) is 2.65. The summed E-state index contributed by atoms with van der Waals surface area (Å²) in [7, 11) is 4.06. The molecule has 4 heteroatoms. The number of likely N-dealkylation sites (N-methyl/N-ethyl adjacent to an activating group) is 1. The van der Waals surface area contributed by atoms with Gasteiger partial charge in [0.25, 0.3) is 0 Å². The molecule has 1 aliphatic heterocycles. The molecule has 1 aromatic heterocycles. The molecule has 0 bridgehead atoms. The van der Waals surface area contributed by atoms with Gasteiger partial charge in [0.15, 0.2) is 0 Å². The van der Waals surface area contributed by atoms with Crippen molar-refractivity contribution in [2.24, 2.45) is 0 Å². The van der Waals surface area contributed by atoms with Crippen molar-refractivity contribution in [2.45, 2.75) is 12.5 Å². The van der Waals surface area contributed by atoms with Gasteiger partial charge in [-0.1, -0.05) is 0 Å². The van der Waals surface area contributed by atoms with Crippen molar-refractivity contribution in [1.29, 1.82) is 0 Å². The second kappa shape index (κ2) is 4.49. The quantitative estimate of drug-likeness (QED) is 0.780. The van der Waals surface area contributed by atoms with Gasteiger partial charge in [0.2, 0.25) is 0 Å². The molecule has 4 nitrogen and oxygen atoms in total. The van der Waals surface area contributed by atoms with Crippen molar-refractivity contribution in [2.75, 3.05) is 37.8 Å². The van der Waals surface area contributed by atoms with Crippen LogP contribution in [0.2, 0.25) is 0 Å². The van der Waals surface area contributed by atoms with Gasteiger partial charge in [-0.3, -0.25) is 4.98 Å². The maximum atomic E-state index is 4.18. The van der Waals surface area contributed by atoms with Crippen LogP contribution in [0.5, 0.6) is 0 Å². The van der Waals surface area contributed by atoms with Crippen LogP contribution in [0.4, 0.5) is 11.4 Å². The van der Waals surface area contributed by atoms with E-state index in [-0.39, 0.29) is 0 Å². The highest BCUT2D eigenvalue weighted by Gasteiger charge is 2.18. The van der Waals surface area contributed by atoms with Crippen LogP contribution < -0.4 is 10.6 Å². The second-order valence-corrected chi connectivity index (χ2v) is 4.10. The van der Waals surface area contributed by atoms with Gasteiger partial charge in [0.1, 0.15) is 0 Å². The molecule has 1 aromatic rings. The average Bonchev–Trinajstić information content (AvgIpc) is 2.64. The van der Waals surface area contributed by atoms with Gasteiger partial charge in [-0.05, 0) is 26.1 Å². The molecular formula is C11H18N4. The fraction of sp³-hybridized carbons (Fsp3) is 0.545. The molecule has 2 N–H and O–H groups in total. The molecule has 1 saturated heterocycles. The third-order valence-corrected chi connectivity index (χ3v) is 2.79. The van der Waals surface area contributed by atoms with E-state index in [1.807, 2.05) is 19.4 Å². The first-order chi connectivity index (χ1) is 7.28. The first-order valence-corrected chi connectivity index (χ1v) is 5.36. The molecule has 0 aromatic carbocycles. The summed E-state index contributed by atoms with van der Waals surface area (Å²) in [6.07, 6.45) is 4.91. The first kappa shape index (κ1) is 10.2. The summed E-state index contributed by atoms with van der Waals surface area (Å²) in [5.74, 6) is 0. The molecule has 1 atom stereocenters. The molecular weight excluding hydrogens is 188 g/mol. The molecule has 1 unspecified atom stereocenters. The van der Waals surface area contributed by atoms with Crippen molar-refractivity contribution in [3.8, 4) is 0 Å². The molecule has 0 spiro atoms. The van der Waals surface area contributed by atoms with Crippen molar-refractivity contribution in [3.05, 3.63) is 18.5 Å². The number of hydrogen-bond donors (Lipinski definition) is 2. The normalized spacial score (nSPS) is 21.6. The maximum absolute atomic E-state index is 4.18. The highest BCUT2D eigenvalue weighted by Crippen LogP contribution is 2.16. The van der Waals surface area contributed by atoms with Gasteiger partial charge < -0.3 is 15.5 Å². The Morgan fingerprint density at radius 3 is 2.87 bits per heavy atom. The number of aromatic nitrogens is 1. The van der Waals surface area contributed by atoms with Crippen LogP contribution >= 0.6 is 0 Å². The number of rotatable bonds is 3. The Labute approximate surface area is 90.7 Å². The Morgan fingerprint density at radius 1 is 1.40 bits per heavy atom. The standard InChI is InChI=1S/C11H18N4/c1-12-10-5-11(7-13-6-10)14-9-3-4-15(2)8-9/h5-7,9,12,14H,3-4,8H2,1-2H3. The molecule has 15 heavy (non-hydrogen) atoms. The van der Waals surface area contributed by atoms with Gasteiger partial charge in [-0.15, -0.1) is 0 Å². The highest BCUT2D eigenvalue weighted by molar-refractivity contribution is 5.54. The van der Waals surface area contributed by atoms with Gasteiger partial charge in [-0.2, -0.15) is 0 Å². The highest BCUT2D eigenvalue weighted by atomic mass is 15.2. The predicted octanol–water partition coefficient (Wildman–Crippen LogP) is 1.24. The second-order valence-electron chi connectivity index (χ2n) is 4.10. The first-order valence-electron chi connectivity index (χ1n) is 5.36. The van der Waals surface area contributed by atoms with Crippen LogP contribution in [-0.2, 0) is 0 Å². The van der Waals surface area contributed by atoms with Crippen molar-refractivity contribution in [3.63, 3.8) is 0 Å². The minimum Gasteiger partial charge on any atom is -0.387 e. The average molecular weight is 206 g/mol. The SMILES string of the molecule is CNc1cncc(NC2CCN(C)C2)c1. The van der Waals surface area contributed by atoms with Gasteiger partial charge >= 0.3 is 0 Å². The third kappa shape index (κ3) is 2.59. The predicted molar refractivity (Wildman–Crippen MR) is 63.3 cm³/mol. The topological polar surface area (TPSA) is 40.2 Å². The van der Waals surface area contributed by atoms with E-state index in [1.54, 1.807) is 0 Å². The van der Waals surface area contributed by atoms with E-state index in [0.29, 0.717) is 6.04 Å². The lowest BCUT2D eigenvalue weighted by Crippen LogP contribution is -2.23. The number of hydrogen-bond acceptors (Lipinski definition) is 4. The summed E-state index contributed by atoms with van der Waals surface area (Å²) in [6.45, 7) is 2.29. The lowest BCUT2D eigenvalue weighted by atomic mass is 10.2. The molecule has 82 valence electrons. The molecule has 1 aliphatic rings. The van der Waals surface area contributed by atoms with E-state index < -0.39 is 0 Å². The molecule has 0 amide bonds. The van der Waals surface area contributed by atoms with E-state index in [1.165, 1.54) is 13.0 Å². The maximum Gasteiger partial charge on any atom is 0.0550 e. The third-order valence-electron chi connectivity index (χ3n) is 2.79. The summed E-state index contributed by atoms with van der Waals surface area (Å²) in [4.78, 5) is 6.52. The minimum atomic E-state index is 0.559. The van der Waals surface area contributed by atoms with Crippen LogP contribution in [0, 0.1) is 0 Å². The summed E-state index contributed by atoms with van der Waals surface area (Å²) in [5, 5.41) is 6.59. The molecule has 0 radical (unpaired) electrons. The van der Waals surface area contributed by atoms with Gasteiger partial charge in [0, 0.05) is 19.6 Å². The van der Waals surface area contributed by atoms with Crippen LogP contribution in [-0.4, -0.2) is 43.1 Å². The van der Waals surface area contributed by atoms with Gasteiger partial charge in [0.05, 0.1) is 23.8 Å². The van der Waals surface area contributed by atoms with Crippen molar-refractivity contribution >= 4 is 11.4 Å². The zero-order chi connectivity index (χ0) is 10.7.